The number of aromatic nitrogens is 2. The minimum absolute atomic E-state index is 0.00190. The zero-order valence-corrected chi connectivity index (χ0v) is 19.5. The molecular formula is C27H29N3O2S. The fourth-order valence-corrected chi connectivity index (χ4v) is 6.16. The van der Waals surface area contributed by atoms with E-state index >= 15 is 0 Å². The summed E-state index contributed by atoms with van der Waals surface area (Å²) < 4.78 is 1.78. The summed E-state index contributed by atoms with van der Waals surface area (Å²) in [6.45, 7) is 0.595. The predicted molar refractivity (Wildman–Crippen MR) is 132 cm³/mol. The Morgan fingerprint density at radius 3 is 2.39 bits per heavy atom. The Morgan fingerprint density at radius 2 is 1.70 bits per heavy atom. The molecule has 33 heavy (non-hydrogen) atoms. The van der Waals surface area contributed by atoms with E-state index in [9.17, 15) is 9.59 Å². The summed E-state index contributed by atoms with van der Waals surface area (Å²) in [6, 6.07) is 20.8. The first kappa shape index (κ1) is 22.0. The van der Waals surface area contributed by atoms with Crippen molar-refractivity contribution in [1.29, 1.82) is 0 Å². The van der Waals surface area contributed by atoms with Gasteiger partial charge in [0.15, 0.2) is 5.16 Å². The molecule has 0 saturated carbocycles. The molecule has 2 aliphatic rings. The Morgan fingerprint density at radius 1 is 1.03 bits per heavy atom. The van der Waals surface area contributed by atoms with Gasteiger partial charge in [-0.25, -0.2) is 4.98 Å². The highest BCUT2D eigenvalue weighted by Gasteiger charge is 2.30. The summed E-state index contributed by atoms with van der Waals surface area (Å²) in [7, 11) is 0. The Labute approximate surface area is 198 Å². The molecule has 0 fully saturated rings. The number of nitrogens with one attached hydrogen (secondary N) is 1. The zero-order valence-electron chi connectivity index (χ0n) is 18.7. The van der Waals surface area contributed by atoms with Crippen molar-refractivity contribution in [2.75, 3.05) is 12.3 Å². The molecule has 6 heteroatoms. The molecule has 1 atom stereocenters. The largest absolute Gasteiger partial charge is 0.356 e. The maximum atomic E-state index is 13.1. The number of hydrogen-bond donors (Lipinski definition) is 1. The molecule has 1 aliphatic heterocycles. The SMILES string of the molecule is O=C(CC1CSc2nc3c(c(=O)n21)CCCC3)NCCC(c1ccccc1)c1ccccc1. The monoisotopic (exact) mass is 459 g/mol. The standard InChI is InChI=1S/C27H29N3O2S/c31-25(17-21-18-33-27-29-24-14-8-7-13-23(24)26(32)30(21)27)28-16-15-22(19-9-3-1-4-10-19)20-11-5-2-6-12-20/h1-6,9-12,21-22H,7-8,13-18H2,(H,28,31). The third kappa shape index (κ3) is 4.76. The molecule has 3 aromatic rings. The van der Waals surface area contributed by atoms with Crippen LogP contribution >= 0.6 is 11.8 Å². The van der Waals surface area contributed by atoms with Crippen LogP contribution in [0.4, 0.5) is 0 Å². The number of carbonyl (C=O) groups excluding carboxylic acids is 1. The first-order valence-electron chi connectivity index (χ1n) is 11.8. The van der Waals surface area contributed by atoms with Crippen LogP contribution in [0.5, 0.6) is 0 Å². The number of amides is 1. The Bertz CT molecular complexity index is 1140. The number of carbonyl (C=O) groups is 1. The summed E-state index contributed by atoms with van der Waals surface area (Å²) in [5.74, 6) is 0.960. The number of hydrogen-bond acceptors (Lipinski definition) is 4. The van der Waals surface area contributed by atoms with Crippen LogP contribution < -0.4 is 10.9 Å². The van der Waals surface area contributed by atoms with Crippen molar-refractivity contribution in [1.82, 2.24) is 14.9 Å². The van der Waals surface area contributed by atoms with E-state index in [0.717, 1.165) is 54.3 Å². The Hall–Kier alpha value is -2.86. The lowest BCUT2D eigenvalue weighted by Gasteiger charge is -2.20. The molecule has 1 amide bonds. The second kappa shape index (κ2) is 9.96. The Kier molecular flexibility index (Phi) is 6.63. The van der Waals surface area contributed by atoms with Crippen LogP contribution in [0.2, 0.25) is 0 Å². The van der Waals surface area contributed by atoms with Gasteiger partial charge in [0, 0.05) is 30.2 Å². The van der Waals surface area contributed by atoms with Crippen LogP contribution in [0.15, 0.2) is 70.6 Å². The quantitative estimate of drug-likeness (QED) is 0.529. The summed E-state index contributed by atoms with van der Waals surface area (Å²) in [4.78, 5) is 30.7. The molecule has 1 N–H and O–H groups in total. The van der Waals surface area contributed by atoms with E-state index < -0.39 is 0 Å². The predicted octanol–water partition coefficient (Wildman–Crippen LogP) is 4.50. The van der Waals surface area contributed by atoms with Crippen molar-refractivity contribution < 1.29 is 4.79 Å². The van der Waals surface area contributed by atoms with Gasteiger partial charge in [-0.3, -0.25) is 14.2 Å². The molecule has 1 unspecified atom stereocenters. The van der Waals surface area contributed by atoms with Gasteiger partial charge in [0.25, 0.3) is 5.56 Å². The summed E-state index contributed by atoms with van der Waals surface area (Å²) in [5, 5.41) is 3.89. The van der Waals surface area contributed by atoms with Crippen LogP contribution in [0.3, 0.4) is 0 Å². The van der Waals surface area contributed by atoms with Gasteiger partial charge in [-0.2, -0.15) is 0 Å². The van der Waals surface area contributed by atoms with E-state index in [2.05, 4.69) is 53.8 Å². The molecule has 5 nitrogen and oxygen atoms in total. The summed E-state index contributed by atoms with van der Waals surface area (Å²) >= 11 is 1.60. The van der Waals surface area contributed by atoms with Crippen LogP contribution in [0.25, 0.3) is 0 Å². The lowest BCUT2D eigenvalue weighted by molar-refractivity contribution is -0.121. The van der Waals surface area contributed by atoms with Crippen molar-refractivity contribution >= 4 is 17.7 Å². The first-order valence-corrected chi connectivity index (χ1v) is 12.8. The zero-order chi connectivity index (χ0) is 22.6. The molecule has 0 saturated heterocycles. The second-order valence-electron chi connectivity index (χ2n) is 8.88. The van der Waals surface area contributed by atoms with Crippen molar-refractivity contribution in [3.63, 3.8) is 0 Å². The maximum Gasteiger partial charge on any atom is 0.257 e. The topological polar surface area (TPSA) is 64.0 Å². The highest BCUT2D eigenvalue weighted by Crippen LogP contribution is 2.34. The molecule has 0 spiro atoms. The molecule has 1 aliphatic carbocycles. The number of rotatable bonds is 7. The van der Waals surface area contributed by atoms with Gasteiger partial charge in [-0.1, -0.05) is 72.4 Å². The van der Waals surface area contributed by atoms with E-state index in [0.29, 0.717) is 13.0 Å². The van der Waals surface area contributed by atoms with Gasteiger partial charge in [0.05, 0.1) is 11.7 Å². The fraction of sp³-hybridized carbons (Fsp3) is 0.370. The number of benzene rings is 2. The smallest absolute Gasteiger partial charge is 0.257 e. The van der Waals surface area contributed by atoms with Crippen molar-refractivity contribution in [2.24, 2.45) is 0 Å². The molecule has 170 valence electrons. The van der Waals surface area contributed by atoms with E-state index in [4.69, 9.17) is 4.98 Å². The first-order chi connectivity index (χ1) is 16.2. The number of fused-ring (bicyclic) bond motifs is 2. The number of nitrogens with zero attached hydrogens (tertiary/aromatic N) is 2. The molecule has 2 aromatic carbocycles. The van der Waals surface area contributed by atoms with E-state index in [1.54, 1.807) is 16.3 Å². The third-order valence-electron chi connectivity index (χ3n) is 6.70. The third-order valence-corrected chi connectivity index (χ3v) is 7.80. The average Bonchev–Trinajstić information content (AvgIpc) is 3.25. The molecule has 0 radical (unpaired) electrons. The van der Waals surface area contributed by atoms with Gasteiger partial charge in [0.2, 0.25) is 5.91 Å². The van der Waals surface area contributed by atoms with Gasteiger partial charge in [0.1, 0.15) is 0 Å². The fourth-order valence-electron chi connectivity index (χ4n) is 5.00. The van der Waals surface area contributed by atoms with Crippen LogP contribution in [-0.2, 0) is 17.6 Å². The molecule has 2 heterocycles. The average molecular weight is 460 g/mol. The molecule has 0 bridgehead atoms. The van der Waals surface area contributed by atoms with Crippen molar-refractivity contribution in [2.45, 2.75) is 55.6 Å². The normalized spacial score (nSPS) is 16.9. The van der Waals surface area contributed by atoms with E-state index in [1.165, 1.54) is 11.1 Å². The highest BCUT2D eigenvalue weighted by atomic mass is 32.2. The van der Waals surface area contributed by atoms with Gasteiger partial charge in [-0.05, 0) is 43.2 Å². The summed E-state index contributed by atoms with van der Waals surface area (Å²) in [6.07, 6.45) is 5.00. The van der Waals surface area contributed by atoms with E-state index in [-0.39, 0.29) is 23.4 Å². The Balaban J connectivity index is 1.23. The van der Waals surface area contributed by atoms with Crippen LogP contribution in [0.1, 0.15) is 60.0 Å². The van der Waals surface area contributed by atoms with Gasteiger partial charge >= 0.3 is 0 Å². The van der Waals surface area contributed by atoms with Gasteiger partial charge in [-0.15, -0.1) is 0 Å². The number of aryl methyl sites for hydroxylation is 1. The highest BCUT2D eigenvalue weighted by molar-refractivity contribution is 7.99. The van der Waals surface area contributed by atoms with Crippen LogP contribution in [0, 0.1) is 0 Å². The number of thioether (sulfide) groups is 1. The minimum atomic E-state index is -0.115. The van der Waals surface area contributed by atoms with E-state index in [1.807, 2.05) is 12.1 Å². The van der Waals surface area contributed by atoms with Crippen molar-refractivity contribution in [3.05, 3.63) is 93.4 Å². The molecular weight excluding hydrogens is 430 g/mol. The van der Waals surface area contributed by atoms with Crippen LogP contribution in [-0.4, -0.2) is 27.8 Å². The van der Waals surface area contributed by atoms with Gasteiger partial charge < -0.3 is 5.32 Å². The lowest BCUT2D eigenvalue weighted by atomic mass is 9.88. The summed E-state index contributed by atoms with van der Waals surface area (Å²) in [5.41, 5.74) is 4.42. The lowest BCUT2D eigenvalue weighted by Crippen LogP contribution is -2.34. The second-order valence-corrected chi connectivity index (χ2v) is 9.87. The molecule has 5 rings (SSSR count). The molecule has 1 aromatic heterocycles. The minimum Gasteiger partial charge on any atom is -0.356 e. The maximum absolute atomic E-state index is 13.1. The van der Waals surface area contributed by atoms with Crippen molar-refractivity contribution in [3.8, 4) is 0 Å².